The molecule has 0 bridgehead atoms. The van der Waals surface area contributed by atoms with Gasteiger partial charge in [0, 0.05) is 17.7 Å². The average Bonchev–Trinajstić information content (AvgIpc) is 3.58. The highest BCUT2D eigenvalue weighted by molar-refractivity contribution is 7.18. The number of hydrogen-bond acceptors (Lipinski definition) is 7. The number of nitrogens with one attached hydrogen (secondary N) is 3. The number of urea groups is 1. The van der Waals surface area contributed by atoms with Crippen molar-refractivity contribution in [3.8, 4) is 22.1 Å². The molecule has 37 heavy (non-hydrogen) atoms. The lowest BCUT2D eigenvalue weighted by Crippen LogP contribution is -2.46. The van der Waals surface area contributed by atoms with Crippen LogP contribution in [-0.4, -0.2) is 35.0 Å². The zero-order valence-electron chi connectivity index (χ0n) is 20.1. The average molecular weight is 516 g/mol. The third kappa shape index (κ3) is 6.04. The van der Waals surface area contributed by atoms with Gasteiger partial charge in [-0.15, -0.1) is 10.2 Å². The van der Waals surface area contributed by atoms with Gasteiger partial charge in [-0.3, -0.25) is 10.1 Å². The maximum Gasteiger partial charge on any atom is 0.319 e. The van der Waals surface area contributed by atoms with Crippen molar-refractivity contribution in [2.45, 2.75) is 25.8 Å². The van der Waals surface area contributed by atoms with Crippen molar-refractivity contribution in [1.82, 2.24) is 15.5 Å². The first-order valence-corrected chi connectivity index (χ1v) is 12.6. The highest BCUT2D eigenvalue weighted by Crippen LogP contribution is 2.37. The number of fused-ring (bicyclic) bond motifs is 1. The number of carbonyl (C=O) groups is 2. The lowest BCUT2D eigenvalue weighted by molar-refractivity contribution is -0.117. The van der Waals surface area contributed by atoms with E-state index >= 15 is 0 Å². The van der Waals surface area contributed by atoms with Crippen LogP contribution in [0.1, 0.15) is 18.1 Å². The van der Waals surface area contributed by atoms with E-state index in [4.69, 9.17) is 9.47 Å². The van der Waals surface area contributed by atoms with E-state index in [0.717, 1.165) is 17.5 Å². The molecule has 0 saturated carbocycles. The van der Waals surface area contributed by atoms with Crippen molar-refractivity contribution in [1.29, 1.82) is 0 Å². The van der Waals surface area contributed by atoms with Crippen LogP contribution in [0.25, 0.3) is 10.6 Å². The lowest BCUT2D eigenvalue weighted by Gasteiger charge is -2.18. The van der Waals surface area contributed by atoms with E-state index < -0.39 is 18.0 Å². The first kappa shape index (κ1) is 24.3. The molecule has 1 aliphatic rings. The first-order valence-electron chi connectivity index (χ1n) is 11.8. The Morgan fingerprint density at radius 1 is 0.919 bits per heavy atom. The van der Waals surface area contributed by atoms with Crippen LogP contribution in [0, 0.1) is 0 Å². The molecule has 0 radical (unpaired) electrons. The lowest BCUT2D eigenvalue weighted by atomic mass is 10.1. The number of benzene rings is 3. The van der Waals surface area contributed by atoms with Crippen LogP contribution in [0.2, 0.25) is 0 Å². The van der Waals surface area contributed by atoms with E-state index in [1.54, 1.807) is 0 Å². The molecule has 2 heterocycles. The van der Waals surface area contributed by atoms with Gasteiger partial charge in [-0.1, -0.05) is 60.7 Å². The number of aromatic nitrogens is 2. The van der Waals surface area contributed by atoms with Crippen LogP contribution in [0.4, 0.5) is 15.6 Å². The third-order valence-corrected chi connectivity index (χ3v) is 6.69. The molecule has 1 atom stereocenters. The number of amides is 3. The molecule has 188 valence electrons. The molecule has 9 nitrogen and oxygen atoms in total. The van der Waals surface area contributed by atoms with E-state index in [9.17, 15) is 9.59 Å². The van der Waals surface area contributed by atoms with Crippen LogP contribution in [0.5, 0.6) is 11.5 Å². The topological polar surface area (TPSA) is 114 Å². The van der Waals surface area contributed by atoms with Gasteiger partial charge in [0.25, 0.3) is 0 Å². The molecule has 0 spiro atoms. The monoisotopic (exact) mass is 515 g/mol. The van der Waals surface area contributed by atoms with Crippen LogP contribution in [0.3, 0.4) is 0 Å². The van der Waals surface area contributed by atoms with E-state index in [0.29, 0.717) is 33.7 Å². The predicted octanol–water partition coefficient (Wildman–Crippen LogP) is 4.87. The Kier molecular flexibility index (Phi) is 7.27. The van der Waals surface area contributed by atoms with Crippen LogP contribution >= 0.6 is 11.3 Å². The molecular formula is C27H25N5O4S. The second kappa shape index (κ2) is 11.1. The molecule has 0 saturated heterocycles. The van der Waals surface area contributed by atoms with Crippen molar-refractivity contribution in [3.63, 3.8) is 0 Å². The van der Waals surface area contributed by atoms with Gasteiger partial charge in [-0.05, 0) is 47.9 Å². The molecule has 3 N–H and O–H groups in total. The fourth-order valence-corrected chi connectivity index (χ4v) is 4.56. The van der Waals surface area contributed by atoms with E-state index in [1.807, 2.05) is 72.8 Å². The Hall–Kier alpha value is -4.44. The van der Waals surface area contributed by atoms with Gasteiger partial charge in [0.15, 0.2) is 11.5 Å². The van der Waals surface area contributed by atoms with Gasteiger partial charge >= 0.3 is 6.03 Å². The number of aryl methyl sites for hydroxylation is 1. The number of hydrogen-bond donors (Lipinski definition) is 3. The zero-order valence-corrected chi connectivity index (χ0v) is 20.9. The van der Waals surface area contributed by atoms with E-state index in [2.05, 4.69) is 33.1 Å². The summed E-state index contributed by atoms with van der Waals surface area (Å²) in [4.78, 5) is 26.0. The first-order chi connectivity index (χ1) is 18.1. The number of ether oxygens (including phenoxy) is 2. The zero-order chi connectivity index (χ0) is 25.6. The molecule has 5 rings (SSSR count). The summed E-state index contributed by atoms with van der Waals surface area (Å²) < 4.78 is 10.8. The minimum atomic E-state index is -0.838. The van der Waals surface area contributed by atoms with E-state index in [1.165, 1.54) is 16.9 Å². The van der Waals surface area contributed by atoms with Crippen molar-refractivity contribution in [2.24, 2.45) is 0 Å². The molecule has 3 amide bonds. The molecule has 3 aromatic carbocycles. The maximum atomic E-state index is 13.2. The van der Waals surface area contributed by atoms with Gasteiger partial charge in [0.05, 0.1) is 0 Å². The second-order valence-corrected chi connectivity index (χ2v) is 9.34. The summed E-state index contributed by atoms with van der Waals surface area (Å²) in [7, 11) is 0. The van der Waals surface area contributed by atoms with Crippen molar-refractivity contribution in [3.05, 3.63) is 83.9 Å². The molecule has 4 aromatic rings. The van der Waals surface area contributed by atoms with Gasteiger partial charge < -0.3 is 20.1 Å². The molecule has 10 heteroatoms. The standard InChI is InChI=1S/C27H25N5O4S/c1-2-17-8-11-20(12-9-17)28-26(34)29-21(14-18-6-4-3-5-7-18)24(33)30-27-32-31-25(37-27)19-10-13-22-23(15-19)36-16-35-22/h3-13,15,21H,2,14,16H2,1H3,(H2,28,29,34)(H,30,32,33). The molecule has 1 aliphatic heterocycles. The van der Waals surface area contributed by atoms with Gasteiger partial charge in [-0.2, -0.15) is 0 Å². The Bertz CT molecular complexity index is 1390. The normalized spacial score (nSPS) is 12.6. The molecule has 1 unspecified atom stereocenters. The molecule has 1 aromatic heterocycles. The van der Waals surface area contributed by atoms with Gasteiger partial charge in [0.1, 0.15) is 11.0 Å². The number of rotatable bonds is 8. The second-order valence-electron chi connectivity index (χ2n) is 8.36. The summed E-state index contributed by atoms with van der Waals surface area (Å²) in [5.41, 5.74) is 3.53. The number of carbonyl (C=O) groups excluding carboxylic acids is 2. The number of anilines is 2. The fourth-order valence-electron chi connectivity index (χ4n) is 3.82. The predicted molar refractivity (Wildman–Crippen MR) is 142 cm³/mol. The summed E-state index contributed by atoms with van der Waals surface area (Å²) in [6.07, 6.45) is 1.22. The summed E-state index contributed by atoms with van der Waals surface area (Å²) >= 11 is 1.23. The summed E-state index contributed by atoms with van der Waals surface area (Å²) in [5.74, 6) is 0.922. The van der Waals surface area contributed by atoms with Gasteiger partial charge in [0.2, 0.25) is 17.8 Å². The Morgan fingerprint density at radius 2 is 1.70 bits per heavy atom. The van der Waals surface area contributed by atoms with Gasteiger partial charge in [-0.25, -0.2) is 4.79 Å². The summed E-state index contributed by atoms with van der Waals surface area (Å²) in [6.45, 7) is 2.25. The fraction of sp³-hybridized carbons (Fsp3) is 0.185. The minimum Gasteiger partial charge on any atom is -0.454 e. The summed E-state index contributed by atoms with van der Waals surface area (Å²) in [6, 6.07) is 21.3. The van der Waals surface area contributed by atoms with Crippen LogP contribution in [0.15, 0.2) is 72.8 Å². The molecule has 0 aliphatic carbocycles. The highest BCUT2D eigenvalue weighted by atomic mass is 32.1. The van der Waals surface area contributed by atoms with E-state index in [-0.39, 0.29) is 6.79 Å². The van der Waals surface area contributed by atoms with Crippen molar-refractivity contribution in [2.75, 3.05) is 17.4 Å². The van der Waals surface area contributed by atoms with Crippen molar-refractivity contribution >= 4 is 34.1 Å². The Morgan fingerprint density at radius 3 is 2.49 bits per heavy atom. The maximum absolute atomic E-state index is 13.2. The van der Waals surface area contributed by atoms with Crippen LogP contribution < -0.4 is 25.4 Å². The SMILES string of the molecule is CCc1ccc(NC(=O)NC(Cc2ccccc2)C(=O)Nc2nnc(-c3ccc4c(c3)OCO4)s2)cc1. The summed E-state index contributed by atoms with van der Waals surface area (Å²) in [5, 5.41) is 17.6. The Labute approximate surface area is 217 Å². The molecule has 0 fully saturated rings. The van der Waals surface area contributed by atoms with Crippen LogP contribution in [-0.2, 0) is 17.6 Å². The third-order valence-electron chi connectivity index (χ3n) is 5.80. The van der Waals surface area contributed by atoms with Crippen molar-refractivity contribution < 1.29 is 19.1 Å². The smallest absolute Gasteiger partial charge is 0.319 e. The largest absolute Gasteiger partial charge is 0.454 e. The molecular weight excluding hydrogens is 490 g/mol. The quantitative estimate of drug-likeness (QED) is 0.309. The highest BCUT2D eigenvalue weighted by Gasteiger charge is 2.23. The minimum absolute atomic E-state index is 0.184. The number of nitrogens with zero attached hydrogens (tertiary/aromatic N) is 2. The Balaban J connectivity index is 1.28.